The zero-order valence-electron chi connectivity index (χ0n) is 29.9. The average Bonchev–Trinajstić information content (AvgIpc) is 3.81. The van der Waals surface area contributed by atoms with E-state index in [1.165, 1.54) is 0 Å². The predicted molar refractivity (Wildman–Crippen MR) is 196 cm³/mol. The molecule has 51 heavy (non-hydrogen) atoms. The number of anilines is 1. The molecule has 5 aliphatic rings. The number of nitriles is 1. The summed E-state index contributed by atoms with van der Waals surface area (Å²) in [5, 5.41) is 22.8. The van der Waals surface area contributed by atoms with Crippen molar-refractivity contribution in [2.75, 3.05) is 38.2 Å². The second-order valence-corrected chi connectivity index (χ2v) is 15.8. The first kappa shape index (κ1) is 33.5. The Kier molecular flexibility index (Phi) is 8.45. The molecule has 1 amide bonds. The van der Waals surface area contributed by atoms with Crippen molar-refractivity contribution < 1.29 is 23.8 Å². The van der Waals surface area contributed by atoms with Gasteiger partial charge in [-0.05, 0) is 113 Å². The van der Waals surface area contributed by atoms with Crippen molar-refractivity contribution in [3.05, 3.63) is 59.4 Å². The molecule has 1 N–H and O–H groups in total. The Bertz CT molecular complexity index is 2070. The minimum atomic E-state index is -0.589. The van der Waals surface area contributed by atoms with Crippen molar-refractivity contribution in [3.63, 3.8) is 0 Å². The number of amides is 1. The van der Waals surface area contributed by atoms with Gasteiger partial charge >= 0.3 is 6.09 Å². The summed E-state index contributed by atoms with van der Waals surface area (Å²) in [5.41, 5.74) is 3.14. The lowest BCUT2D eigenvalue weighted by atomic mass is 9.77. The molecule has 4 aromatic rings. The van der Waals surface area contributed by atoms with E-state index >= 15 is 4.39 Å². The van der Waals surface area contributed by atoms with Gasteiger partial charge in [-0.2, -0.15) is 5.26 Å². The molecule has 9 rings (SSSR count). The van der Waals surface area contributed by atoms with Gasteiger partial charge in [0, 0.05) is 48.0 Å². The molecule has 2 bridgehead atoms. The predicted octanol–water partition coefficient (Wildman–Crippen LogP) is 7.59. The Morgan fingerprint density at radius 1 is 1.14 bits per heavy atom. The third-order valence-electron chi connectivity index (χ3n) is 11.4. The second-order valence-electron chi connectivity index (χ2n) is 15.8. The van der Waals surface area contributed by atoms with E-state index in [1.54, 1.807) is 12.1 Å². The number of phenolic OH excluding ortho intramolecular Hbond substituents is 1. The molecule has 3 saturated heterocycles. The number of likely N-dealkylation sites (N-methyl/N-ethyl adjacent to an activating group) is 1. The maximum Gasteiger partial charge on any atom is 0.410 e. The quantitative estimate of drug-likeness (QED) is 0.212. The van der Waals surface area contributed by atoms with Crippen molar-refractivity contribution in [2.45, 2.75) is 89.4 Å². The first-order valence-corrected chi connectivity index (χ1v) is 18.4. The molecule has 3 unspecified atom stereocenters. The van der Waals surface area contributed by atoms with Crippen LogP contribution in [-0.2, 0) is 17.6 Å². The number of hydrogen-bond donors (Lipinski definition) is 1. The van der Waals surface area contributed by atoms with Crippen LogP contribution in [0.4, 0.5) is 14.9 Å². The maximum atomic E-state index is 17.6. The molecule has 1 aliphatic carbocycles. The third kappa shape index (κ3) is 5.89. The van der Waals surface area contributed by atoms with Gasteiger partial charge in [0.1, 0.15) is 23.5 Å². The zero-order valence-corrected chi connectivity index (χ0v) is 29.9. The van der Waals surface area contributed by atoms with Gasteiger partial charge in [-0.3, -0.25) is 0 Å². The van der Waals surface area contributed by atoms with Crippen molar-refractivity contribution in [1.29, 1.82) is 5.26 Å². The third-order valence-corrected chi connectivity index (χ3v) is 11.4. The Morgan fingerprint density at radius 3 is 2.73 bits per heavy atom. The summed E-state index contributed by atoms with van der Waals surface area (Å²) in [6, 6.07) is 15.5. The summed E-state index contributed by atoms with van der Waals surface area (Å²) in [4.78, 5) is 24.9. The molecule has 266 valence electrons. The number of carbonyl (C=O) groups is 1. The number of aromatic hydroxyl groups is 1. The number of nitrogens with zero attached hydrogens (tertiary/aromatic N) is 5. The van der Waals surface area contributed by atoms with E-state index in [4.69, 9.17) is 14.5 Å². The Hall–Kier alpha value is -4.62. The first-order valence-electron chi connectivity index (χ1n) is 18.4. The molecule has 0 spiro atoms. The zero-order chi connectivity index (χ0) is 35.6. The maximum absolute atomic E-state index is 17.6. The van der Waals surface area contributed by atoms with E-state index in [9.17, 15) is 15.2 Å². The molecule has 4 aliphatic heterocycles. The fourth-order valence-corrected chi connectivity index (χ4v) is 9.05. The van der Waals surface area contributed by atoms with Crippen LogP contribution in [0, 0.1) is 23.1 Å². The molecular weight excluding hydrogens is 645 g/mol. The lowest BCUT2D eigenvalue weighted by Crippen LogP contribution is -2.57. The molecule has 1 aromatic heterocycles. The number of phenols is 1. The van der Waals surface area contributed by atoms with Crippen LogP contribution < -0.4 is 9.64 Å². The summed E-state index contributed by atoms with van der Waals surface area (Å²) in [7, 11) is 2.11. The lowest BCUT2D eigenvalue weighted by Gasteiger charge is -2.48. The van der Waals surface area contributed by atoms with E-state index in [0.29, 0.717) is 47.5 Å². The van der Waals surface area contributed by atoms with Crippen molar-refractivity contribution in [1.82, 2.24) is 14.8 Å². The number of pyridine rings is 1. The molecule has 1 saturated carbocycles. The van der Waals surface area contributed by atoms with Crippen LogP contribution in [0.5, 0.6) is 11.6 Å². The number of halogens is 1. The number of aryl methyl sites for hydroxylation is 1. The summed E-state index contributed by atoms with van der Waals surface area (Å²) < 4.78 is 30.0. The van der Waals surface area contributed by atoms with E-state index in [2.05, 4.69) is 22.9 Å². The summed E-state index contributed by atoms with van der Waals surface area (Å²) >= 11 is 0. The molecule has 0 radical (unpaired) electrons. The van der Waals surface area contributed by atoms with Crippen LogP contribution in [0.3, 0.4) is 0 Å². The Balaban J connectivity index is 1.31. The second kappa shape index (κ2) is 12.9. The fourth-order valence-electron chi connectivity index (χ4n) is 9.05. The van der Waals surface area contributed by atoms with E-state index < -0.39 is 11.4 Å². The lowest BCUT2D eigenvalue weighted by molar-refractivity contribution is 0.0232. The normalized spacial score (nSPS) is 23.0. The molecule has 4 fully saturated rings. The number of aromatic nitrogens is 1. The molecule has 9 nitrogen and oxygen atoms in total. The number of benzene rings is 3. The summed E-state index contributed by atoms with van der Waals surface area (Å²) in [5.74, 6) is 0.292. The van der Waals surface area contributed by atoms with Gasteiger partial charge in [0.15, 0.2) is 5.82 Å². The van der Waals surface area contributed by atoms with Crippen molar-refractivity contribution in [2.24, 2.45) is 5.92 Å². The van der Waals surface area contributed by atoms with Crippen LogP contribution in [0.1, 0.15) is 64.0 Å². The van der Waals surface area contributed by atoms with Crippen LogP contribution in [0.25, 0.3) is 32.8 Å². The standard InChI is InChI=1S/C41H46FN5O4/c1-41(2,3)51-40(49)47-22-26-20-33(47)37(26)46-17-9-14-30-38(46)32-19-25(11-7-15-43)34(31-21-28(48)18-24-10-5-6-13-29(24)31)35(42)36(32)44-39(30)50-23-27-12-8-16-45(27)4/h5-6,10,13,18-19,21,26-27,33,37,48H,7-9,11-12,14,16-17,20,22-23H2,1-4H3/t26?,27-,33?,37?/m0/s1. The number of hydrogen-bond acceptors (Lipinski definition) is 8. The molecule has 4 atom stereocenters. The minimum Gasteiger partial charge on any atom is -0.508 e. The fraction of sp³-hybridized carbons (Fsp3) is 0.488. The van der Waals surface area contributed by atoms with Crippen LogP contribution in [0.2, 0.25) is 0 Å². The van der Waals surface area contributed by atoms with Gasteiger partial charge < -0.3 is 29.3 Å². The highest BCUT2D eigenvalue weighted by molar-refractivity contribution is 6.04. The molecular formula is C41H46FN5O4. The van der Waals surface area contributed by atoms with Crippen molar-refractivity contribution in [3.8, 4) is 28.8 Å². The van der Waals surface area contributed by atoms with Crippen molar-refractivity contribution >= 4 is 33.5 Å². The number of ether oxygens (including phenoxy) is 2. The number of rotatable bonds is 7. The van der Waals surface area contributed by atoms with E-state index in [-0.39, 0.29) is 47.8 Å². The Morgan fingerprint density at radius 2 is 1.96 bits per heavy atom. The SMILES string of the molecule is CN1CCC[C@H]1COc1nc2c(F)c(-c3cc(O)cc4ccccc34)c(CCC#N)cc2c2c1CCCN2C1C2CC1N(C(=O)OC(C)(C)C)C2. The van der Waals surface area contributed by atoms with Crippen LogP contribution in [-0.4, -0.2) is 83.0 Å². The van der Waals surface area contributed by atoms with Crippen LogP contribution >= 0.6 is 0 Å². The number of likely N-dealkylation sites (tertiary alicyclic amines) is 1. The van der Waals surface area contributed by atoms with Gasteiger partial charge in [0.05, 0.1) is 23.8 Å². The monoisotopic (exact) mass is 691 g/mol. The van der Waals surface area contributed by atoms with Gasteiger partial charge in [-0.1, -0.05) is 24.3 Å². The van der Waals surface area contributed by atoms with Gasteiger partial charge in [-0.25, -0.2) is 14.2 Å². The number of carbonyl (C=O) groups excluding carboxylic acids is 1. The summed E-state index contributed by atoms with van der Waals surface area (Å²) in [6.07, 6.45) is 4.96. The minimum absolute atomic E-state index is 0.00337. The molecule has 3 aromatic carbocycles. The van der Waals surface area contributed by atoms with Crippen LogP contribution in [0.15, 0.2) is 42.5 Å². The topological polar surface area (TPSA) is 102 Å². The summed E-state index contributed by atoms with van der Waals surface area (Å²) in [6.45, 7) is 8.55. The molecule has 10 heteroatoms. The highest BCUT2D eigenvalue weighted by atomic mass is 19.1. The van der Waals surface area contributed by atoms with E-state index in [1.807, 2.05) is 56.0 Å². The Labute approximate surface area is 298 Å². The average molecular weight is 692 g/mol. The van der Waals surface area contributed by atoms with E-state index in [0.717, 1.165) is 67.2 Å². The molecule has 5 heterocycles. The van der Waals surface area contributed by atoms with Gasteiger partial charge in [0.25, 0.3) is 0 Å². The largest absolute Gasteiger partial charge is 0.508 e. The smallest absolute Gasteiger partial charge is 0.410 e. The highest BCUT2D eigenvalue weighted by Crippen LogP contribution is 2.51. The number of fused-ring (bicyclic) bond motifs is 5. The van der Waals surface area contributed by atoms with Gasteiger partial charge in [-0.15, -0.1) is 0 Å². The first-order chi connectivity index (χ1) is 24.5. The highest BCUT2D eigenvalue weighted by Gasteiger charge is 2.57. The van der Waals surface area contributed by atoms with Gasteiger partial charge in [0.2, 0.25) is 5.88 Å².